The Kier molecular flexibility index (Phi) is 4.16. The summed E-state index contributed by atoms with van der Waals surface area (Å²) >= 11 is 0. The first-order valence-electron chi connectivity index (χ1n) is 6.54. The maximum atomic E-state index is 11.7. The minimum absolute atomic E-state index is 0.161. The highest BCUT2D eigenvalue weighted by Crippen LogP contribution is 2.04. The van der Waals surface area contributed by atoms with E-state index >= 15 is 0 Å². The van der Waals surface area contributed by atoms with Crippen LogP contribution in [0.25, 0.3) is 11.7 Å². The fourth-order valence-corrected chi connectivity index (χ4v) is 1.93. The molecule has 0 aliphatic heterocycles. The Bertz CT molecular complexity index is 626. The topological polar surface area (TPSA) is 53.4 Å². The Morgan fingerprint density at radius 2 is 2.37 bits per heavy atom. The van der Waals surface area contributed by atoms with Crippen LogP contribution in [-0.4, -0.2) is 38.9 Å². The zero-order chi connectivity index (χ0) is 13.8. The maximum absolute atomic E-state index is 11.7. The van der Waals surface area contributed by atoms with Crippen molar-refractivity contribution in [3.8, 4) is 0 Å². The summed E-state index contributed by atoms with van der Waals surface area (Å²) in [5.74, 6) is 0. The van der Waals surface area contributed by atoms with Gasteiger partial charge in [0.15, 0.2) is 0 Å². The fourth-order valence-electron chi connectivity index (χ4n) is 1.93. The minimum Gasteiger partial charge on any atom is -0.318 e. The van der Waals surface area contributed by atoms with Crippen LogP contribution in [0.5, 0.6) is 0 Å². The van der Waals surface area contributed by atoms with E-state index in [2.05, 4.69) is 41.8 Å². The predicted octanol–water partition coefficient (Wildman–Crippen LogP) is 1.77. The second-order valence-electron chi connectivity index (χ2n) is 4.76. The molecule has 0 bridgehead atoms. The van der Waals surface area contributed by atoms with Gasteiger partial charge in [0.25, 0.3) is 5.56 Å². The van der Waals surface area contributed by atoms with Gasteiger partial charge in [-0.05, 0) is 33.0 Å². The van der Waals surface area contributed by atoms with Crippen LogP contribution in [0.1, 0.15) is 26.0 Å². The molecule has 0 spiro atoms. The van der Waals surface area contributed by atoms with Crippen molar-refractivity contribution in [2.45, 2.75) is 26.3 Å². The van der Waals surface area contributed by atoms with E-state index < -0.39 is 0 Å². The molecule has 102 valence electrons. The van der Waals surface area contributed by atoms with Crippen molar-refractivity contribution in [2.24, 2.45) is 0 Å². The van der Waals surface area contributed by atoms with E-state index in [-0.39, 0.29) is 5.56 Å². The highest BCUT2D eigenvalue weighted by molar-refractivity contribution is 5.46. The Hall–Kier alpha value is -1.88. The Morgan fingerprint density at radius 1 is 1.58 bits per heavy atom. The van der Waals surface area contributed by atoms with Gasteiger partial charge >= 0.3 is 0 Å². The van der Waals surface area contributed by atoms with Gasteiger partial charge in [-0.15, -0.1) is 0 Å². The molecule has 1 unspecified atom stereocenters. The summed E-state index contributed by atoms with van der Waals surface area (Å²) in [7, 11) is 2.11. The fraction of sp³-hybridized carbons (Fsp3) is 0.429. The molecule has 0 saturated heterocycles. The molecule has 0 aromatic carbocycles. The zero-order valence-electron chi connectivity index (χ0n) is 11.6. The summed E-state index contributed by atoms with van der Waals surface area (Å²) in [5, 5.41) is 0. The number of hydrogen-bond acceptors (Lipinski definition) is 3. The van der Waals surface area contributed by atoms with Gasteiger partial charge < -0.3 is 14.3 Å². The smallest absolute Gasteiger partial charge is 0.292 e. The van der Waals surface area contributed by atoms with Gasteiger partial charge in [0.1, 0.15) is 0 Å². The van der Waals surface area contributed by atoms with Crippen LogP contribution in [0.4, 0.5) is 0 Å². The van der Waals surface area contributed by atoms with E-state index in [0.717, 1.165) is 18.7 Å². The third-order valence-corrected chi connectivity index (χ3v) is 3.43. The van der Waals surface area contributed by atoms with Crippen LogP contribution in [0.2, 0.25) is 0 Å². The number of imidazole rings is 1. The minimum atomic E-state index is -0.161. The molecule has 1 N–H and O–H groups in total. The quantitative estimate of drug-likeness (QED) is 0.891. The highest BCUT2D eigenvalue weighted by Gasteiger charge is 2.04. The van der Waals surface area contributed by atoms with Crippen LogP contribution < -0.4 is 5.56 Å². The first-order valence-corrected chi connectivity index (χ1v) is 6.54. The molecule has 2 aromatic heterocycles. The first kappa shape index (κ1) is 13.5. The third kappa shape index (κ3) is 3.12. The van der Waals surface area contributed by atoms with Gasteiger partial charge in [-0.25, -0.2) is 4.98 Å². The standard InChI is InChI=1S/C14H20N4O/c1-4-17(3)11(2)6-5-7-12-10-18-9-8-15-13(18)14(19)16-12/h5,7-11H,4,6H2,1-3H3,(H,16,19)/b7-5+. The zero-order valence-corrected chi connectivity index (χ0v) is 11.6. The van der Waals surface area contributed by atoms with Crippen molar-refractivity contribution in [2.75, 3.05) is 13.6 Å². The molecule has 2 heterocycles. The normalized spacial score (nSPS) is 13.7. The summed E-state index contributed by atoms with van der Waals surface area (Å²) in [4.78, 5) is 20.8. The number of H-pyrrole nitrogens is 1. The molecule has 0 radical (unpaired) electrons. The van der Waals surface area contributed by atoms with Crippen LogP contribution in [0, 0.1) is 0 Å². The van der Waals surface area contributed by atoms with Crippen molar-refractivity contribution in [3.05, 3.63) is 40.7 Å². The highest BCUT2D eigenvalue weighted by atomic mass is 16.1. The number of hydrogen-bond donors (Lipinski definition) is 1. The van der Waals surface area contributed by atoms with Gasteiger partial charge in [-0.1, -0.05) is 13.0 Å². The Morgan fingerprint density at radius 3 is 3.11 bits per heavy atom. The van der Waals surface area contributed by atoms with Crippen molar-refractivity contribution in [1.82, 2.24) is 19.3 Å². The van der Waals surface area contributed by atoms with E-state index in [0.29, 0.717) is 11.7 Å². The maximum Gasteiger partial charge on any atom is 0.292 e. The number of fused-ring (bicyclic) bond motifs is 1. The average Bonchev–Trinajstić information content (AvgIpc) is 2.86. The third-order valence-electron chi connectivity index (χ3n) is 3.43. The second-order valence-corrected chi connectivity index (χ2v) is 4.76. The Labute approximate surface area is 112 Å². The van der Waals surface area contributed by atoms with Crippen LogP contribution in [0.15, 0.2) is 29.5 Å². The first-order chi connectivity index (χ1) is 9.11. The molecule has 2 rings (SSSR count). The lowest BCUT2D eigenvalue weighted by Gasteiger charge is -2.21. The average molecular weight is 260 g/mol. The van der Waals surface area contributed by atoms with Gasteiger partial charge in [-0.2, -0.15) is 0 Å². The molecule has 5 heteroatoms. The van der Waals surface area contributed by atoms with Gasteiger partial charge in [0, 0.05) is 24.6 Å². The van der Waals surface area contributed by atoms with E-state index in [1.807, 2.05) is 12.3 Å². The number of nitrogens with one attached hydrogen (secondary N) is 1. The van der Waals surface area contributed by atoms with Crippen molar-refractivity contribution < 1.29 is 0 Å². The lowest BCUT2D eigenvalue weighted by molar-refractivity contribution is 0.273. The van der Waals surface area contributed by atoms with E-state index in [1.165, 1.54) is 0 Å². The summed E-state index contributed by atoms with van der Waals surface area (Å²) < 4.78 is 1.74. The number of rotatable bonds is 5. The van der Waals surface area contributed by atoms with E-state index in [4.69, 9.17) is 0 Å². The van der Waals surface area contributed by atoms with Gasteiger partial charge in [-0.3, -0.25) is 4.79 Å². The van der Waals surface area contributed by atoms with Crippen molar-refractivity contribution in [1.29, 1.82) is 0 Å². The molecule has 0 aliphatic carbocycles. The molecule has 2 aromatic rings. The number of aromatic nitrogens is 3. The number of nitrogens with zero attached hydrogens (tertiary/aromatic N) is 3. The molecular weight excluding hydrogens is 240 g/mol. The summed E-state index contributed by atoms with van der Waals surface area (Å²) in [6, 6.07) is 0.491. The lowest BCUT2D eigenvalue weighted by Crippen LogP contribution is -2.27. The molecule has 0 aliphatic rings. The van der Waals surface area contributed by atoms with Gasteiger partial charge in [0.2, 0.25) is 5.65 Å². The van der Waals surface area contributed by atoms with E-state index in [9.17, 15) is 4.79 Å². The monoisotopic (exact) mass is 260 g/mol. The molecule has 1 atom stereocenters. The largest absolute Gasteiger partial charge is 0.318 e. The van der Waals surface area contributed by atoms with Crippen molar-refractivity contribution >= 4 is 11.7 Å². The lowest BCUT2D eigenvalue weighted by atomic mass is 10.2. The molecule has 19 heavy (non-hydrogen) atoms. The second kappa shape index (κ2) is 5.84. The predicted molar refractivity (Wildman–Crippen MR) is 77.2 cm³/mol. The van der Waals surface area contributed by atoms with Crippen molar-refractivity contribution in [3.63, 3.8) is 0 Å². The molecule has 0 saturated carbocycles. The Balaban J connectivity index is 2.11. The number of aromatic amines is 1. The summed E-state index contributed by atoms with van der Waals surface area (Å²) in [6.07, 6.45) is 10.3. The molecule has 0 fully saturated rings. The van der Waals surface area contributed by atoms with Gasteiger partial charge in [0.05, 0.1) is 5.69 Å². The molecule has 0 amide bonds. The molecule has 5 nitrogen and oxygen atoms in total. The SMILES string of the molecule is CCN(C)C(C)C/C=C/c1cn2ccnc2c(=O)[nH]1. The molecular formula is C14H20N4O. The van der Waals surface area contributed by atoms with E-state index in [1.54, 1.807) is 16.8 Å². The van der Waals surface area contributed by atoms with Crippen LogP contribution >= 0.6 is 0 Å². The summed E-state index contributed by atoms with van der Waals surface area (Å²) in [6.45, 7) is 5.37. The van der Waals surface area contributed by atoms with Crippen LogP contribution in [0.3, 0.4) is 0 Å². The summed E-state index contributed by atoms with van der Waals surface area (Å²) in [5.41, 5.74) is 1.06. The van der Waals surface area contributed by atoms with Crippen LogP contribution in [-0.2, 0) is 0 Å².